The van der Waals surface area contributed by atoms with Gasteiger partial charge in [0.2, 0.25) is 0 Å². The summed E-state index contributed by atoms with van der Waals surface area (Å²) in [6.45, 7) is 0. The van der Waals surface area contributed by atoms with E-state index in [4.69, 9.17) is 4.74 Å². The van der Waals surface area contributed by atoms with Crippen molar-refractivity contribution in [2.45, 2.75) is 0 Å². The van der Waals surface area contributed by atoms with Crippen LogP contribution in [0.2, 0.25) is 0 Å². The number of methoxy groups -OCH3 is 1. The number of rotatable bonds is 2. The molecule has 0 atom stereocenters. The molecule has 0 spiro atoms. The predicted octanol–water partition coefficient (Wildman–Crippen LogP) is 2.91. The van der Waals surface area contributed by atoms with E-state index in [-0.39, 0.29) is 5.69 Å². The van der Waals surface area contributed by atoms with Crippen LogP contribution < -0.4 is 4.74 Å². The third kappa shape index (κ3) is 1.61. The van der Waals surface area contributed by atoms with Crippen molar-refractivity contribution in [3.8, 4) is 5.75 Å². The molecule has 6 heteroatoms. The molecule has 0 aliphatic heterocycles. The van der Waals surface area contributed by atoms with Crippen molar-refractivity contribution in [2.75, 3.05) is 7.11 Å². The highest BCUT2D eigenvalue weighted by Crippen LogP contribution is 2.35. The van der Waals surface area contributed by atoms with Gasteiger partial charge in [-0.25, -0.2) is 0 Å². The Kier molecular flexibility index (Phi) is 2.74. The molecular weight excluding hydrogens is 276 g/mol. The molecule has 0 amide bonds. The fraction of sp³-hybridized carbons (Fsp3) is 0.100. The molecule has 1 aromatic heterocycles. The predicted molar refractivity (Wildman–Crippen MR) is 62.6 cm³/mol. The summed E-state index contributed by atoms with van der Waals surface area (Å²) < 4.78 is 5.74. The molecule has 0 aliphatic carbocycles. The number of nitrogens with zero attached hydrogens (tertiary/aromatic N) is 2. The van der Waals surface area contributed by atoms with E-state index >= 15 is 0 Å². The van der Waals surface area contributed by atoms with Crippen LogP contribution in [-0.4, -0.2) is 17.0 Å². The SMILES string of the molecule is COc1ccc([N+](=O)[O-])c2c(Br)ccnc12. The zero-order valence-corrected chi connectivity index (χ0v) is 9.89. The summed E-state index contributed by atoms with van der Waals surface area (Å²) >= 11 is 3.28. The molecule has 5 nitrogen and oxygen atoms in total. The third-order valence-electron chi connectivity index (χ3n) is 2.20. The quantitative estimate of drug-likeness (QED) is 0.628. The molecular formula is C10H7BrN2O3. The molecule has 2 rings (SSSR count). The average molecular weight is 283 g/mol. The van der Waals surface area contributed by atoms with Crippen molar-refractivity contribution in [1.29, 1.82) is 0 Å². The van der Waals surface area contributed by atoms with Gasteiger partial charge in [0.15, 0.2) is 0 Å². The number of nitro groups is 1. The molecule has 0 bridgehead atoms. The van der Waals surface area contributed by atoms with E-state index in [2.05, 4.69) is 20.9 Å². The van der Waals surface area contributed by atoms with Crippen LogP contribution in [0.3, 0.4) is 0 Å². The smallest absolute Gasteiger partial charge is 0.280 e. The highest BCUT2D eigenvalue weighted by molar-refractivity contribution is 9.10. The van der Waals surface area contributed by atoms with Gasteiger partial charge in [-0.3, -0.25) is 15.1 Å². The Labute approximate surface area is 99.3 Å². The van der Waals surface area contributed by atoms with Crippen molar-refractivity contribution in [3.05, 3.63) is 39.0 Å². The second kappa shape index (κ2) is 4.05. The molecule has 0 saturated heterocycles. The van der Waals surface area contributed by atoms with Crippen LogP contribution in [0.15, 0.2) is 28.9 Å². The summed E-state index contributed by atoms with van der Waals surface area (Å²) in [6, 6.07) is 4.61. The second-order valence-electron chi connectivity index (χ2n) is 3.06. The number of hydrogen-bond donors (Lipinski definition) is 0. The lowest BCUT2D eigenvalue weighted by Crippen LogP contribution is -1.94. The van der Waals surface area contributed by atoms with Gasteiger partial charge in [-0.05, 0) is 28.1 Å². The van der Waals surface area contributed by atoms with Gasteiger partial charge in [-0.1, -0.05) is 0 Å². The molecule has 0 saturated carbocycles. The molecule has 0 fully saturated rings. The van der Waals surface area contributed by atoms with Gasteiger partial charge in [-0.2, -0.15) is 0 Å². The number of pyridine rings is 1. The van der Waals surface area contributed by atoms with E-state index < -0.39 is 4.92 Å². The van der Waals surface area contributed by atoms with Crippen LogP contribution in [0, 0.1) is 10.1 Å². The summed E-state index contributed by atoms with van der Waals surface area (Å²) in [6.07, 6.45) is 1.57. The first kappa shape index (κ1) is 10.8. The number of aromatic nitrogens is 1. The van der Waals surface area contributed by atoms with Crippen molar-refractivity contribution in [2.24, 2.45) is 0 Å². The van der Waals surface area contributed by atoms with E-state index in [1.54, 1.807) is 18.3 Å². The number of nitro benzene ring substituents is 1. The van der Waals surface area contributed by atoms with Crippen LogP contribution in [0.25, 0.3) is 10.9 Å². The largest absolute Gasteiger partial charge is 0.494 e. The molecule has 2 aromatic rings. The first-order chi connectivity index (χ1) is 7.65. The van der Waals surface area contributed by atoms with Gasteiger partial charge in [0, 0.05) is 16.7 Å². The van der Waals surface area contributed by atoms with E-state index in [9.17, 15) is 10.1 Å². The summed E-state index contributed by atoms with van der Waals surface area (Å²) in [4.78, 5) is 14.5. The van der Waals surface area contributed by atoms with Crippen molar-refractivity contribution >= 4 is 32.5 Å². The Hall–Kier alpha value is -1.69. The van der Waals surface area contributed by atoms with Gasteiger partial charge < -0.3 is 4.74 Å². The molecule has 1 heterocycles. The fourth-order valence-electron chi connectivity index (χ4n) is 1.50. The monoisotopic (exact) mass is 282 g/mol. The molecule has 0 N–H and O–H groups in total. The number of non-ortho nitro benzene ring substituents is 1. The number of halogens is 1. The van der Waals surface area contributed by atoms with E-state index in [0.717, 1.165) is 0 Å². The van der Waals surface area contributed by atoms with Gasteiger partial charge in [0.05, 0.1) is 17.4 Å². The topological polar surface area (TPSA) is 65.3 Å². The molecule has 0 radical (unpaired) electrons. The maximum atomic E-state index is 10.9. The van der Waals surface area contributed by atoms with Gasteiger partial charge in [-0.15, -0.1) is 0 Å². The van der Waals surface area contributed by atoms with Crippen LogP contribution in [0.4, 0.5) is 5.69 Å². The van der Waals surface area contributed by atoms with Crippen LogP contribution in [-0.2, 0) is 0 Å². The van der Waals surface area contributed by atoms with Gasteiger partial charge in [0.25, 0.3) is 5.69 Å². The first-order valence-corrected chi connectivity index (χ1v) is 5.20. The van der Waals surface area contributed by atoms with Crippen molar-refractivity contribution in [1.82, 2.24) is 4.98 Å². The zero-order valence-electron chi connectivity index (χ0n) is 8.31. The zero-order chi connectivity index (χ0) is 11.7. The van der Waals surface area contributed by atoms with Gasteiger partial charge >= 0.3 is 0 Å². The lowest BCUT2D eigenvalue weighted by Gasteiger charge is -2.05. The highest BCUT2D eigenvalue weighted by Gasteiger charge is 2.17. The summed E-state index contributed by atoms with van der Waals surface area (Å²) in [7, 11) is 1.50. The summed E-state index contributed by atoms with van der Waals surface area (Å²) in [5.41, 5.74) is 0.488. The van der Waals surface area contributed by atoms with E-state index in [1.165, 1.54) is 13.2 Å². The summed E-state index contributed by atoms with van der Waals surface area (Å²) in [5, 5.41) is 11.3. The van der Waals surface area contributed by atoms with E-state index in [0.29, 0.717) is 21.1 Å². The second-order valence-corrected chi connectivity index (χ2v) is 3.91. The number of fused-ring (bicyclic) bond motifs is 1. The molecule has 0 unspecified atom stereocenters. The van der Waals surface area contributed by atoms with E-state index in [1.807, 2.05) is 0 Å². The molecule has 82 valence electrons. The minimum absolute atomic E-state index is 0.00998. The Morgan fingerprint density at radius 3 is 2.81 bits per heavy atom. The Morgan fingerprint density at radius 2 is 2.19 bits per heavy atom. The first-order valence-electron chi connectivity index (χ1n) is 4.40. The maximum absolute atomic E-state index is 10.9. The molecule has 1 aromatic carbocycles. The van der Waals surface area contributed by atoms with Crippen LogP contribution in [0.1, 0.15) is 0 Å². The normalized spacial score (nSPS) is 10.4. The third-order valence-corrected chi connectivity index (χ3v) is 2.86. The lowest BCUT2D eigenvalue weighted by atomic mass is 10.1. The molecule has 0 aliphatic rings. The number of benzene rings is 1. The highest BCUT2D eigenvalue weighted by atomic mass is 79.9. The van der Waals surface area contributed by atoms with Gasteiger partial charge in [0.1, 0.15) is 11.3 Å². The number of hydrogen-bond acceptors (Lipinski definition) is 4. The standard InChI is InChI=1S/C10H7BrN2O3/c1-16-8-3-2-7(13(14)15)9-6(11)4-5-12-10(8)9/h2-5H,1H3. The Morgan fingerprint density at radius 1 is 1.44 bits per heavy atom. The maximum Gasteiger partial charge on any atom is 0.280 e. The summed E-state index contributed by atoms with van der Waals surface area (Å²) in [5.74, 6) is 0.516. The minimum Gasteiger partial charge on any atom is -0.494 e. The minimum atomic E-state index is -0.436. The van der Waals surface area contributed by atoms with Crippen LogP contribution >= 0.6 is 15.9 Å². The van der Waals surface area contributed by atoms with Crippen molar-refractivity contribution < 1.29 is 9.66 Å². The lowest BCUT2D eigenvalue weighted by molar-refractivity contribution is -0.383. The van der Waals surface area contributed by atoms with Crippen molar-refractivity contribution in [3.63, 3.8) is 0 Å². The fourth-order valence-corrected chi connectivity index (χ4v) is 2.01. The molecule has 16 heavy (non-hydrogen) atoms. The average Bonchev–Trinajstić information content (AvgIpc) is 2.28. The number of ether oxygens (including phenoxy) is 1. The Bertz CT molecular complexity index is 571. The van der Waals surface area contributed by atoms with Crippen LogP contribution in [0.5, 0.6) is 5.75 Å². The Balaban J connectivity index is 2.92.